The third kappa shape index (κ3) is 4.49. The maximum Gasteiger partial charge on any atom is 0.360 e. The molecular weight excluding hydrogens is 401 g/mol. The Morgan fingerprint density at radius 2 is 1.79 bits per heavy atom. The van der Waals surface area contributed by atoms with Gasteiger partial charge in [0, 0.05) is 12.0 Å². The van der Waals surface area contributed by atoms with E-state index in [9.17, 15) is 4.79 Å². The molecule has 0 aliphatic rings. The zero-order valence-corrected chi connectivity index (χ0v) is 17.0. The van der Waals surface area contributed by atoms with Crippen LogP contribution in [0.3, 0.4) is 0 Å². The first-order chi connectivity index (χ1) is 13.5. The molecule has 0 fully saturated rings. The minimum absolute atomic E-state index is 0.163. The zero-order chi connectivity index (χ0) is 20.1. The van der Waals surface area contributed by atoms with Crippen LogP contribution in [0.15, 0.2) is 46.9 Å². The van der Waals surface area contributed by atoms with Crippen molar-refractivity contribution in [2.45, 2.75) is 26.9 Å². The van der Waals surface area contributed by atoms with Gasteiger partial charge in [-0.15, -0.1) is 0 Å². The Bertz CT molecular complexity index is 947. The van der Waals surface area contributed by atoms with Crippen LogP contribution in [0.4, 0.5) is 0 Å². The van der Waals surface area contributed by atoms with Gasteiger partial charge >= 0.3 is 5.97 Å². The summed E-state index contributed by atoms with van der Waals surface area (Å²) in [5, 5.41) is 0.653. The molecule has 7 heteroatoms. The van der Waals surface area contributed by atoms with Gasteiger partial charge < -0.3 is 13.9 Å². The van der Waals surface area contributed by atoms with E-state index in [2.05, 4.69) is 4.98 Å². The molecule has 0 N–H and O–H groups in total. The van der Waals surface area contributed by atoms with Crippen LogP contribution in [0.5, 0.6) is 5.75 Å². The molecule has 5 nitrogen and oxygen atoms in total. The van der Waals surface area contributed by atoms with E-state index in [0.29, 0.717) is 40.1 Å². The Balaban J connectivity index is 1.87. The van der Waals surface area contributed by atoms with Crippen molar-refractivity contribution < 1.29 is 18.7 Å². The predicted octanol–water partition coefficient (Wildman–Crippen LogP) is 5.97. The van der Waals surface area contributed by atoms with Crippen molar-refractivity contribution in [3.05, 3.63) is 69.5 Å². The number of nitrogens with zero attached hydrogens (tertiary/aromatic N) is 1. The van der Waals surface area contributed by atoms with E-state index in [-0.39, 0.29) is 18.2 Å². The average molecular weight is 420 g/mol. The standard InChI is InChI=1S/C21H19Cl2NO4/c1-3-17-18(21(25)26-4-2)24-20(28-17)14-10-15(22)19(16(23)11-14)27-12-13-8-6-5-7-9-13/h5-11H,3-4,12H2,1-2H3. The maximum atomic E-state index is 12.1. The molecule has 0 bridgehead atoms. The number of rotatable bonds is 7. The zero-order valence-electron chi connectivity index (χ0n) is 15.5. The van der Waals surface area contributed by atoms with Crippen molar-refractivity contribution in [1.82, 2.24) is 4.98 Å². The van der Waals surface area contributed by atoms with Crippen molar-refractivity contribution in [3.8, 4) is 17.2 Å². The van der Waals surface area contributed by atoms with Gasteiger partial charge in [-0.3, -0.25) is 0 Å². The molecule has 2 aromatic carbocycles. The molecule has 0 saturated carbocycles. The Kier molecular flexibility index (Phi) is 6.60. The average Bonchev–Trinajstić information content (AvgIpc) is 3.13. The molecule has 0 amide bonds. The van der Waals surface area contributed by atoms with Gasteiger partial charge in [0.25, 0.3) is 0 Å². The summed E-state index contributed by atoms with van der Waals surface area (Å²) in [5.41, 5.74) is 1.71. The summed E-state index contributed by atoms with van der Waals surface area (Å²) < 4.78 is 16.5. The topological polar surface area (TPSA) is 61.6 Å². The molecule has 3 aromatic rings. The lowest BCUT2D eigenvalue weighted by Gasteiger charge is -2.11. The highest BCUT2D eigenvalue weighted by molar-refractivity contribution is 6.37. The first kappa shape index (κ1) is 20.2. The quantitative estimate of drug-likeness (QED) is 0.441. The summed E-state index contributed by atoms with van der Waals surface area (Å²) in [6.45, 7) is 4.20. The van der Waals surface area contributed by atoms with Gasteiger partial charge in [0.15, 0.2) is 11.4 Å². The molecule has 3 rings (SSSR count). The molecule has 0 radical (unpaired) electrons. The lowest BCUT2D eigenvalue weighted by molar-refractivity contribution is 0.0517. The second-order valence-electron chi connectivity index (χ2n) is 5.91. The molecule has 0 unspecified atom stereocenters. The molecule has 146 valence electrons. The molecular formula is C21H19Cl2NO4. The van der Waals surface area contributed by atoms with Crippen LogP contribution < -0.4 is 4.74 Å². The van der Waals surface area contributed by atoms with E-state index in [1.54, 1.807) is 19.1 Å². The fourth-order valence-corrected chi connectivity index (χ4v) is 3.22. The lowest BCUT2D eigenvalue weighted by atomic mass is 10.2. The van der Waals surface area contributed by atoms with E-state index < -0.39 is 5.97 Å². The number of benzene rings is 2. The van der Waals surface area contributed by atoms with Gasteiger partial charge in [0.2, 0.25) is 5.89 Å². The number of aryl methyl sites for hydroxylation is 1. The van der Waals surface area contributed by atoms with Crippen LogP contribution in [0.2, 0.25) is 10.0 Å². The second kappa shape index (κ2) is 9.13. The molecule has 0 spiro atoms. The molecule has 0 saturated heterocycles. The van der Waals surface area contributed by atoms with Crippen LogP contribution >= 0.6 is 23.2 Å². The van der Waals surface area contributed by atoms with Crippen LogP contribution in [-0.4, -0.2) is 17.6 Å². The summed E-state index contributed by atoms with van der Waals surface area (Å²) >= 11 is 12.7. The third-order valence-electron chi connectivity index (χ3n) is 3.96. The van der Waals surface area contributed by atoms with Gasteiger partial charge in [-0.25, -0.2) is 9.78 Å². The van der Waals surface area contributed by atoms with Gasteiger partial charge in [-0.2, -0.15) is 0 Å². The van der Waals surface area contributed by atoms with Gasteiger partial charge in [0.1, 0.15) is 12.4 Å². The highest BCUT2D eigenvalue weighted by Crippen LogP contribution is 2.38. The number of esters is 1. The minimum Gasteiger partial charge on any atom is -0.486 e. The van der Waals surface area contributed by atoms with Gasteiger partial charge in [-0.05, 0) is 24.6 Å². The number of carbonyl (C=O) groups is 1. The molecule has 0 aliphatic carbocycles. The van der Waals surface area contributed by atoms with Crippen molar-refractivity contribution in [2.75, 3.05) is 6.61 Å². The molecule has 0 atom stereocenters. The fourth-order valence-electron chi connectivity index (χ4n) is 2.62. The summed E-state index contributed by atoms with van der Waals surface area (Å²) in [5.74, 6) is 0.557. The van der Waals surface area contributed by atoms with E-state index in [0.717, 1.165) is 5.56 Å². The number of aromatic nitrogens is 1. The lowest BCUT2D eigenvalue weighted by Crippen LogP contribution is -2.07. The number of halogens is 2. The van der Waals surface area contributed by atoms with Crippen LogP contribution in [0, 0.1) is 0 Å². The van der Waals surface area contributed by atoms with Crippen molar-refractivity contribution in [3.63, 3.8) is 0 Å². The summed E-state index contributed by atoms with van der Waals surface area (Å²) in [4.78, 5) is 16.3. The minimum atomic E-state index is -0.519. The Morgan fingerprint density at radius 3 is 2.39 bits per heavy atom. The van der Waals surface area contributed by atoms with Crippen molar-refractivity contribution in [1.29, 1.82) is 0 Å². The summed E-state index contributed by atoms with van der Waals surface area (Å²) in [6, 6.07) is 13.0. The monoisotopic (exact) mass is 419 g/mol. The largest absolute Gasteiger partial charge is 0.486 e. The van der Waals surface area contributed by atoms with Crippen LogP contribution in [-0.2, 0) is 17.8 Å². The molecule has 0 aliphatic heterocycles. The smallest absolute Gasteiger partial charge is 0.360 e. The number of ether oxygens (including phenoxy) is 2. The highest BCUT2D eigenvalue weighted by atomic mass is 35.5. The second-order valence-corrected chi connectivity index (χ2v) is 6.72. The number of hydrogen-bond donors (Lipinski definition) is 0. The Morgan fingerprint density at radius 1 is 1.11 bits per heavy atom. The highest BCUT2D eigenvalue weighted by Gasteiger charge is 2.22. The first-order valence-corrected chi connectivity index (χ1v) is 9.62. The van der Waals surface area contributed by atoms with E-state index in [1.165, 1.54) is 0 Å². The Labute approximate surface area is 173 Å². The third-order valence-corrected chi connectivity index (χ3v) is 4.52. The molecule has 1 heterocycles. The molecule has 1 aromatic heterocycles. The SMILES string of the molecule is CCOC(=O)c1nc(-c2cc(Cl)c(OCc3ccccc3)c(Cl)c2)oc1CC. The molecule has 28 heavy (non-hydrogen) atoms. The van der Waals surface area contributed by atoms with Gasteiger partial charge in [0.05, 0.1) is 16.7 Å². The fraction of sp³-hybridized carbons (Fsp3) is 0.238. The first-order valence-electron chi connectivity index (χ1n) is 8.86. The summed E-state index contributed by atoms with van der Waals surface area (Å²) in [7, 11) is 0. The van der Waals surface area contributed by atoms with E-state index in [4.69, 9.17) is 37.1 Å². The van der Waals surface area contributed by atoms with Crippen molar-refractivity contribution in [2.24, 2.45) is 0 Å². The van der Waals surface area contributed by atoms with E-state index in [1.807, 2.05) is 37.3 Å². The van der Waals surface area contributed by atoms with E-state index >= 15 is 0 Å². The van der Waals surface area contributed by atoms with Crippen molar-refractivity contribution >= 4 is 29.2 Å². The predicted molar refractivity (Wildman–Crippen MR) is 108 cm³/mol. The van der Waals surface area contributed by atoms with Crippen LogP contribution in [0.25, 0.3) is 11.5 Å². The number of oxazole rings is 1. The number of carbonyl (C=O) groups excluding carboxylic acids is 1. The summed E-state index contributed by atoms with van der Waals surface area (Å²) in [6.07, 6.45) is 0.501. The Hall–Kier alpha value is -2.50. The van der Waals surface area contributed by atoms with Gasteiger partial charge in [-0.1, -0.05) is 60.5 Å². The number of hydrogen-bond acceptors (Lipinski definition) is 5. The maximum absolute atomic E-state index is 12.1. The van der Waals surface area contributed by atoms with Crippen LogP contribution in [0.1, 0.15) is 35.7 Å². The normalized spacial score (nSPS) is 10.7.